The highest BCUT2D eigenvalue weighted by Crippen LogP contribution is 2.51. The first-order chi connectivity index (χ1) is 51.4. The minimum absolute atomic E-state index is 0.819. The molecule has 492 valence electrons. The molecular weight excluding hydrogens is 1410 g/mol. The van der Waals surface area contributed by atoms with Gasteiger partial charge >= 0.3 is 0 Å². The van der Waals surface area contributed by atoms with Crippen molar-refractivity contribution in [2.24, 2.45) is 0 Å². The van der Waals surface area contributed by atoms with Crippen LogP contribution in [0.3, 0.4) is 0 Å². The van der Waals surface area contributed by atoms with Gasteiger partial charge in [-0.1, -0.05) is 256 Å². The SMILES string of the molecule is Brc1cc2oc3cc(Br)c4ccccc4c3c2c2ccccc12.c1ccc(Cc2ccc3oc4ccccc4c3c2)cc1.c1ccc(N(c2ccc3oc4ccccc4c3c2)c2cc3oc4cc(N(c5ccccc5)c5ccc6oc7ccccc7c6c5)c5ccccc5c4c3c3ccccc23)cc1. The van der Waals surface area contributed by atoms with E-state index in [1.54, 1.807) is 0 Å². The Morgan fingerprint density at radius 2 is 0.481 bits per heavy atom. The Balaban J connectivity index is 0.000000135. The number of fused-ring (bicyclic) bond motifs is 23. The van der Waals surface area contributed by atoms with Crippen molar-refractivity contribution in [3.05, 3.63) is 360 Å². The minimum atomic E-state index is 0.819. The molecule has 0 aliphatic carbocycles. The number of hydrogen-bond donors (Lipinski definition) is 0. The third-order valence-electron chi connectivity index (χ3n) is 20.3. The number of nitrogens with zero attached hydrogens (tertiary/aromatic N) is 2. The zero-order chi connectivity index (χ0) is 68.9. The molecule has 0 aliphatic heterocycles. The van der Waals surface area contributed by atoms with Crippen LogP contribution in [0.15, 0.2) is 371 Å². The smallest absolute Gasteiger partial charge is 0.138 e. The number of hydrogen-bond acceptors (Lipinski definition) is 7. The van der Waals surface area contributed by atoms with E-state index in [1.807, 2.05) is 36.4 Å². The highest BCUT2D eigenvalue weighted by molar-refractivity contribution is 9.11. The molecule has 0 fully saturated rings. The van der Waals surface area contributed by atoms with Crippen molar-refractivity contribution in [2.45, 2.75) is 6.42 Å². The van der Waals surface area contributed by atoms with E-state index in [1.165, 1.54) is 54.2 Å². The Labute approximate surface area is 612 Å². The Morgan fingerprint density at radius 3 is 0.885 bits per heavy atom. The number of furan rings is 5. The zero-order valence-corrected chi connectivity index (χ0v) is 58.9. The molecule has 22 aromatic rings. The summed E-state index contributed by atoms with van der Waals surface area (Å²) in [5, 5.41) is 20.6. The molecule has 104 heavy (non-hydrogen) atoms. The van der Waals surface area contributed by atoms with Gasteiger partial charge in [-0.05, 0) is 153 Å². The first-order valence-corrected chi connectivity index (χ1v) is 36.4. The molecule has 0 unspecified atom stereocenters. The van der Waals surface area contributed by atoms with Gasteiger partial charge in [-0.25, -0.2) is 0 Å². The third-order valence-corrected chi connectivity index (χ3v) is 21.6. The van der Waals surface area contributed by atoms with Gasteiger partial charge in [0.15, 0.2) is 0 Å². The molecule has 7 nitrogen and oxygen atoms in total. The molecule has 22 rings (SSSR count). The summed E-state index contributed by atoms with van der Waals surface area (Å²) < 4.78 is 33.8. The monoisotopic (exact) mass is 1460 g/mol. The van der Waals surface area contributed by atoms with Crippen LogP contribution in [0, 0.1) is 0 Å². The fraction of sp³-hybridized carbons (Fsp3) is 0.0105. The summed E-state index contributed by atoms with van der Waals surface area (Å²) in [4.78, 5) is 4.68. The van der Waals surface area contributed by atoms with E-state index in [9.17, 15) is 0 Å². The predicted octanol–water partition coefficient (Wildman–Crippen LogP) is 29.2. The Kier molecular flexibility index (Phi) is 14.8. The zero-order valence-electron chi connectivity index (χ0n) is 55.7. The predicted molar refractivity (Wildman–Crippen MR) is 440 cm³/mol. The Hall–Kier alpha value is -12.7. The van der Waals surface area contributed by atoms with Crippen molar-refractivity contribution in [1.82, 2.24) is 0 Å². The molecule has 0 atom stereocenters. The molecule has 0 radical (unpaired) electrons. The van der Waals surface area contributed by atoms with Gasteiger partial charge in [0, 0.05) is 108 Å². The van der Waals surface area contributed by atoms with Gasteiger partial charge in [0.25, 0.3) is 0 Å². The summed E-state index contributed by atoms with van der Waals surface area (Å²) in [7, 11) is 0. The van der Waals surface area contributed by atoms with Crippen LogP contribution in [-0.2, 0) is 6.42 Å². The van der Waals surface area contributed by atoms with E-state index >= 15 is 0 Å². The summed E-state index contributed by atoms with van der Waals surface area (Å²) in [6.45, 7) is 0. The van der Waals surface area contributed by atoms with E-state index in [0.29, 0.717) is 0 Å². The molecule has 0 bridgehead atoms. The lowest BCUT2D eigenvalue weighted by Crippen LogP contribution is -2.10. The topological polar surface area (TPSA) is 72.2 Å². The maximum atomic E-state index is 7.14. The van der Waals surface area contributed by atoms with Crippen molar-refractivity contribution < 1.29 is 22.1 Å². The highest BCUT2D eigenvalue weighted by atomic mass is 79.9. The number of para-hydroxylation sites is 5. The van der Waals surface area contributed by atoms with E-state index in [2.05, 4.69) is 345 Å². The highest BCUT2D eigenvalue weighted by Gasteiger charge is 2.26. The maximum absolute atomic E-state index is 7.14. The molecule has 0 aliphatic rings. The molecular formula is C95H58Br2N2O5. The van der Waals surface area contributed by atoms with Gasteiger partial charge in [0.2, 0.25) is 0 Å². The summed E-state index contributed by atoms with van der Waals surface area (Å²) in [6, 6.07) is 119. The lowest BCUT2D eigenvalue weighted by Gasteiger charge is -2.27. The second-order valence-electron chi connectivity index (χ2n) is 26.4. The molecule has 5 aromatic heterocycles. The van der Waals surface area contributed by atoms with Crippen molar-refractivity contribution in [3.8, 4) is 0 Å². The van der Waals surface area contributed by atoms with Crippen LogP contribution < -0.4 is 9.80 Å². The number of rotatable bonds is 8. The summed E-state index contributed by atoms with van der Waals surface area (Å²) in [5.74, 6) is 0. The van der Waals surface area contributed by atoms with Gasteiger partial charge in [-0.15, -0.1) is 0 Å². The average Bonchev–Trinajstić information content (AvgIpc) is 1.48. The molecule has 0 saturated heterocycles. The first-order valence-electron chi connectivity index (χ1n) is 34.8. The van der Waals surface area contributed by atoms with Crippen LogP contribution in [0.1, 0.15) is 11.1 Å². The lowest BCUT2D eigenvalue weighted by atomic mass is 9.96. The summed E-state index contributed by atoms with van der Waals surface area (Å²) in [6.07, 6.45) is 0.955. The number of benzene rings is 17. The van der Waals surface area contributed by atoms with E-state index in [4.69, 9.17) is 22.1 Å². The van der Waals surface area contributed by atoms with Gasteiger partial charge in [-0.3, -0.25) is 0 Å². The molecule has 5 heterocycles. The van der Waals surface area contributed by atoms with Crippen molar-refractivity contribution in [1.29, 1.82) is 0 Å². The van der Waals surface area contributed by atoms with Crippen LogP contribution in [0.25, 0.3) is 153 Å². The fourth-order valence-electron chi connectivity index (χ4n) is 15.7. The van der Waals surface area contributed by atoms with Crippen LogP contribution in [0.4, 0.5) is 34.1 Å². The summed E-state index contributed by atoms with van der Waals surface area (Å²) >= 11 is 7.34. The third kappa shape index (κ3) is 10.4. The molecule has 17 aromatic carbocycles. The molecule has 9 heteroatoms. The van der Waals surface area contributed by atoms with Gasteiger partial charge in [0.1, 0.15) is 55.8 Å². The van der Waals surface area contributed by atoms with Gasteiger partial charge in [-0.2, -0.15) is 0 Å². The van der Waals surface area contributed by atoms with Crippen molar-refractivity contribution in [3.63, 3.8) is 0 Å². The fourth-order valence-corrected chi connectivity index (χ4v) is 16.8. The maximum Gasteiger partial charge on any atom is 0.138 e. The Morgan fingerprint density at radius 1 is 0.192 bits per heavy atom. The molecule has 0 N–H and O–H groups in total. The van der Waals surface area contributed by atoms with E-state index in [-0.39, 0.29) is 0 Å². The second-order valence-corrected chi connectivity index (χ2v) is 28.1. The normalized spacial score (nSPS) is 11.8. The van der Waals surface area contributed by atoms with E-state index in [0.717, 1.165) is 159 Å². The number of halogens is 2. The van der Waals surface area contributed by atoms with Crippen LogP contribution >= 0.6 is 31.9 Å². The van der Waals surface area contributed by atoms with Crippen LogP contribution in [0.5, 0.6) is 0 Å². The van der Waals surface area contributed by atoms with Crippen molar-refractivity contribution in [2.75, 3.05) is 9.80 Å². The second kappa shape index (κ2) is 25.1. The first kappa shape index (κ1) is 61.2. The van der Waals surface area contributed by atoms with Gasteiger partial charge < -0.3 is 31.9 Å². The molecule has 0 saturated carbocycles. The number of anilines is 6. The standard InChI is InChI=1S/C56H34N2O3.C20H10Br2O.C19H14O/c1-3-15-35(16-4-1)57(37-27-29-51-45(31-37)41-21-11-13-25-49(41)59-51)47-33-53-55(43-23-9-7-19-39(43)47)56-44-24-10-8-20-40(44)48(34-54(56)61-53)58(36-17-5-2-6-18-36)38-28-30-52-46(32-38)42-22-12-14-26-50(42)60-52;21-15-9-17-19(13-7-3-1-5-11(13)15)20-14-8-4-2-6-12(14)16(22)10-18(20)23-17;1-2-6-14(7-3-1)12-15-10-11-19-17(13-15)16-8-4-5-9-18(16)20-19/h1-34H;1-10H;1-11,13H,12H2. The lowest BCUT2D eigenvalue weighted by molar-refractivity contribution is 0.668. The quantitative estimate of drug-likeness (QED) is 0.150. The van der Waals surface area contributed by atoms with E-state index < -0.39 is 0 Å². The molecule has 0 amide bonds. The minimum Gasteiger partial charge on any atom is -0.456 e. The molecule has 0 spiro atoms. The largest absolute Gasteiger partial charge is 0.456 e. The van der Waals surface area contributed by atoms with Gasteiger partial charge in [0.05, 0.1) is 11.4 Å². The average molecular weight is 1470 g/mol. The summed E-state index contributed by atoms with van der Waals surface area (Å²) in [5.41, 5.74) is 17.7. The van der Waals surface area contributed by atoms with Crippen LogP contribution in [-0.4, -0.2) is 0 Å². The van der Waals surface area contributed by atoms with Crippen molar-refractivity contribution >= 4 is 219 Å². The van der Waals surface area contributed by atoms with Crippen LogP contribution in [0.2, 0.25) is 0 Å². The Bertz CT molecular complexity index is 6790.